The average Bonchev–Trinajstić information content (AvgIpc) is 2.35. The molecule has 0 aliphatic heterocycles. The topological polar surface area (TPSA) is 12.0 Å². The van der Waals surface area contributed by atoms with E-state index in [0.29, 0.717) is 12.1 Å². The Morgan fingerprint density at radius 1 is 1.06 bits per heavy atom. The first-order valence-corrected chi connectivity index (χ1v) is 6.99. The fraction of sp³-hybridized carbons (Fsp3) is 0.625. The molecule has 2 rings (SSSR count). The van der Waals surface area contributed by atoms with Crippen molar-refractivity contribution < 1.29 is 0 Å². The third-order valence-electron chi connectivity index (χ3n) is 4.29. The van der Waals surface area contributed by atoms with E-state index in [-0.39, 0.29) is 0 Å². The Bertz CT molecular complexity index is 323. The van der Waals surface area contributed by atoms with E-state index in [1.165, 1.54) is 24.8 Å². The van der Waals surface area contributed by atoms with Crippen molar-refractivity contribution in [3.63, 3.8) is 0 Å². The van der Waals surface area contributed by atoms with Crippen molar-refractivity contribution in [2.24, 2.45) is 11.8 Å². The van der Waals surface area contributed by atoms with Gasteiger partial charge in [-0.1, -0.05) is 50.6 Å². The van der Waals surface area contributed by atoms with Gasteiger partial charge in [-0.2, -0.15) is 0 Å². The third-order valence-corrected chi connectivity index (χ3v) is 4.29. The summed E-state index contributed by atoms with van der Waals surface area (Å²) in [6.07, 6.45) is 4.16. The van der Waals surface area contributed by atoms with Gasteiger partial charge in [-0.15, -0.1) is 0 Å². The lowest BCUT2D eigenvalue weighted by Crippen LogP contribution is -2.43. The van der Waals surface area contributed by atoms with Crippen LogP contribution in [0.4, 0.5) is 0 Å². The van der Waals surface area contributed by atoms with Crippen LogP contribution in [0.5, 0.6) is 0 Å². The minimum Gasteiger partial charge on any atom is -0.307 e. The normalized spacial score (nSPS) is 31.1. The van der Waals surface area contributed by atoms with Crippen molar-refractivity contribution in [2.45, 2.75) is 52.1 Å². The summed E-state index contributed by atoms with van der Waals surface area (Å²) < 4.78 is 0. The molecular formula is C16H25N. The summed E-state index contributed by atoms with van der Waals surface area (Å²) in [6.45, 7) is 7.07. The average molecular weight is 231 g/mol. The van der Waals surface area contributed by atoms with E-state index in [1.807, 2.05) is 0 Å². The lowest BCUT2D eigenvalue weighted by Gasteiger charge is -2.37. The fourth-order valence-electron chi connectivity index (χ4n) is 3.14. The minimum absolute atomic E-state index is 0.462. The Labute approximate surface area is 106 Å². The van der Waals surface area contributed by atoms with Crippen molar-refractivity contribution >= 4 is 0 Å². The molecule has 17 heavy (non-hydrogen) atoms. The molecule has 1 heteroatoms. The van der Waals surface area contributed by atoms with Crippen LogP contribution in [0, 0.1) is 11.8 Å². The summed E-state index contributed by atoms with van der Waals surface area (Å²) in [7, 11) is 0. The van der Waals surface area contributed by atoms with Gasteiger partial charge in [-0.25, -0.2) is 0 Å². The molecule has 94 valence electrons. The Balaban J connectivity index is 2.00. The summed E-state index contributed by atoms with van der Waals surface area (Å²) in [5, 5.41) is 3.83. The van der Waals surface area contributed by atoms with Crippen LogP contribution in [0.1, 0.15) is 51.6 Å². The first-order chi connectivity index (χ1) is 8.18. The quantitative estimate of drug-likeness (QED) is 0.823. The summed E-state index contributed by atoms with van der Waals surface area (Å²) in [6, 6.07) is 11.9. The molecule has 0 bridgehead atoms. The van der Waals surface area contributed by atoms with E-state index >= 15 is 0 Å². The molecule has 1 N–H and O–H groups in total. The highest BCUT2D eigenvalue weighted by molar-refractivity contribution is 5.18. The molecule has 0 heterocycles. The van der Waals surface area contributed by atoms with Crippen LogP contribution in [0.2, 0.25) is 0 Å². The van der Waals surface area contributed by atoms with Gasteiger partial charge in [0.15, 0.2) is 0 Å². The van der Waals surface area contributed by atoms with Crippen molar-refractivity contribution in [3.8, 4) is 0 Å². The zero-order valence-electron chi connectivity index (χ0n) is 11.3. The van der Waals surface area contributed by atoms with Crippen LogP contribution in [0.25, 0.3) is 0 Å². The van der Waals surface area contributed by atoms with Crippen molar-refractivity contribution in [1.82, 2.24) is 5.32 Å². The van der Waals surface area contributed by atoms with E-state index in [2.05, 4.69) is 56.4 Å². The van der Waals surface area contributed by atoms with Gasteiger partial charge in [-0.3, -0.25) is 0 Å². The van der Waals surface area contributed by atoms with Crippen LogP contribution in [0.3, 0.4) is 0 Å². The zero-order valence-corrected chi connectivity index (χ0v) is 11.3. The number of hydrogen-bond acceptors (Lipinski definition) is 1. The molecule has 1 nitrogen and oxygen atoms in total. The highest BCUT2D eigenvalue weighted by Gasteiger charge is 2.28. The monoisotopic (exact) mass is 231 g/mol. The molecule has 2 unspecified atom stereocenters. The summed E-state index contributed by atoms with van der Waals surface area (Å²) in [5.41, 5.74) is 1.40. The van der Waals surface area contributed by atoms with E-state index in [4.69, 9.17) is 0 Å². The molecule has 1 aromatic rings. The van der Waals surface area contributed by atoms with Crippen LogP contribution in [-0.4, -0.2) is 6.04 Å². The molecule has 1 aliphatic rings. The summed E-state index contributed by atoms with van der Waals surface area (Å²) in [4.78, 5) is 0. The third kappa shape index (κ3) is 3.10. The fourth-order valence-corrected chi connectivity index (χ4v) is 3.14. The second-order valence-corrected chi connectivity index (χ2v) is 5.71. The molecule has 0 aromatic heterocycles. The second-order valence-electron chi connectivity index (χ2n) is 5.71. The molecule has 1 aliphatic carbocycles. The highest BCUT2D eigenvalue weighted by Crippen LogP contribution is 2.30. The Morgan fingerprint density at radius 2 is 1.65 bits per heavy atom. The van der Waals surface area contributed by atoms with Gasteiger partial charge in [0.1, 0.15) is 0 Å². The van der Waals surface area contributed by atoms with Gasteiger partial charge < -0.3 is 5.32 Å². The molecule has 0 saturated heterocycles. The minimum atomic E-state index is 0.462. The van der Waals surface area contributed by atoms with Crippen molar-refractivity contribution in [2.75, 3.05) is 0 Å². The largest absolute Gasteiger partial charge is 0.307 e. The molecule has 1 aromatic carbocycles. The smallest absolute Gasteiger partial charge is 0.0294 e. The Kier molecular flexibility index (Phi) is 4.22. The lowest BCUT2D eigenvalue weighted by molar-refractivity contribution is 0.196. The van der Waals surface area contributed by atoms with Crippen LogP contribution in [0.15, 0.2) is 30.3 Å². The predicted molar refractivity (Wildman–Crippen MR) is 74.0 cm³/mol. The second kappa shape index (κ2) is 5.68. The number of rotatable bonds is 3. The van der Waals surface area contributed by atoms with Crippen LogP contribution >= 0.6 is 0 Å². The number of hydrogen-bond donors (Lipinski definition) is 1. The number of nitrogens with one attached hydrogen (secondary N) is 1. The first kappa shape index (κ1) is 12.6. The maximum atomic E-state index is 3.83. The standard InChI is InChI=1S/C16H25N/c1-12-8-7-9-13(2)16(12)17-14(3)15-10-5-4-6-11-15/h4-6,10-14,16-17H,7-9H2,1-3H3/t12?,13?,14-,16?/m0/s1. The van der Waals surface area contributed by atoms with E-state index in [0.717, 1.165) is 11.8 Å². The molecular weight excluding hydrogens is 206 g/mol. The maximum absolute atomic E-state index is 3.83. The van der Waals surface area contributed by atoms with Gasteiger partial charge >= 0.3 is 0 Å². The number of benzene rings is 1. The summed E-state index contributed by atoms with van der Waals surface area (Å²) >= 11 is 0. The van der Waals surface area contributed by atoms with Crippen LogP contribution in [-0.2, 0) is 0 Å². The maximum Gasteiger partial charge on any atom is 0.0294 e. The van der Waals surface area contributed by atoms with E-state index in [1.54, 1.807) is 0 Å². The summed E-state index contributed by atoms with van der Waals surface area (Å²) in [5.74, 6) is 1.62. The van der Waals surface area contributed by atoms with Crippen molar-refractivity contribution in [1.29, 1.82) is 0 Å². The van der Waals surface area contributed by atoms with Gasteiger partial charge in [0, 0.05) is 12.1 Å². The predicted octanol–water partition coefficient (Wildman–Crippen LogP) is 4.16. The zero-order chi connectivity index (χ0) is 12.3. The lowest BCUT2D eigenvalue weighted by atomic mass is 9.78. The molecule has 0 spiro atoms. The molecule has 0 amide bonds. The van der Waals surface area contributed by atoms with E-state index in [9.17, 15) is 0 Å². The van der Waals surface area contributed by atoms with Gasteiger partial charge in [0.05, 0.1) is 0 Å². The first-order valence-electron chi connectivity index (χ1n) is 6.99. The Hall–Kier alpha value is -0.820. The highest BCUT2D eigenvalue weighted by atomic mass is 15.0. The molecule has 0 radical (unpaired) electrons. The Morgan fingerprint density at radius 3 is 2.24 bits per heavy atom. The molecule has 1 saturated carbocycles. The SMILES string of the molecule is CC1CCCC(C)C1N[C@@H](C)c1ccccc1. The molecule has 3 atom stereocenters. The molecule has 1 fully saturated rings. The van der Waals surface area contributed by atoms with E-state index < -0.39 is 0 Å². The van der Waals surface area contributed by atoms with Crippen LogP contribution < -0.4 is 5.32 Å². The van der Waals surface area contributed by atoms with Gasteiger partial charge in [0.2, 0.25) is 0 Å². The van der Waals surface area contributed by atoms with Gasteiger partial charge in [0.25, 0.3) is 0 Å². The van der Waals surface area contributed by atoms with Gasteiger partial charge in [-0.05, 0) is 37.2 Å². The van der Waals surface area contributed by atoms with Crippen molar-refractivity contribution in [3.05, 3.63) is 35.9 Å².